The average molecular weight is 616 g/mol. The van der Waals surface area contributed by atoms with Gasteiger partial charge in [0.2, 0.25) is 0 Å². The van der Waals surface area contributed by atoms with Crippen LogP contribution in [0.1, 0.15) is 81.5 Å². The van der Waals surface area contributed by atoms with Crippen LogP contribution in [0, 0.1) is 35.5 Å². The molecular formula is C36H41NO8. The smallest absolute Gasteiger partial charge is 0.345 e. The molecule has 1 aromatic carbocycles. The quantitative estimate of drug-likeness (QED) is 0.341. The molecule has 1 aliphatic heterocycles. The van der Waals surface area contributed by atoms with Crippen LogP contribution in [-0.2, 0) is 14.3 Å². The Balaban J connectivity index is 1.50. The first kappa shape index (κ1) is 31.0. The van der Waals surface area contributed by atoms with Gasteiger partial charge < -0.3 is 23.7 Å². The van der Waals surface area contributed by atoms with Gasteiger partial charge in [-0.25, -0.2) is 9.59 Å². The predicted molar refractivity (Wildman–Crippen MR) is 165 cm³/mol. The van der Waals surface area contributed by atoms with E-state index in [1.807, 2.05) is 26.0 Å². The van der Waals surface area contributed by atoms with Crippen LogP contribution in [0.2, 0.25) is 0 Å². The Labute approximate surface area is 262 Å². The van der Waals surface area contributed by atoms with Gasteiger partial charge in [-0.3, -0.25) is 9.78 Å². The summed E-state index contributed by atoms with van der Waals surface area (Å²) in [6.07, 6.45) is 3.12. The lowest BCUT2D eigenvalue weighted by Crippen LogP contribution is -2.70. The monoisotopic (exact) mass is 615 g/mol. The molecule has 3 aliphatic rings. The molecule has 9 heteroatoms. The fourth-order valence-corrected chi connectivity index (χ4v) is 8.69. The van der Waals surface area contributed by atoms with Crippen molar-refractivity contribution < 1.29 is 33.3 Å². The highest BCUT2D eigenvalue weighted by Crippen LogP contribution is 2.68. The van der Waals surface area contributed by atoms with Crippen molar-refractivity contribution in [1.82, 2.24) is 4.98 Å². The second-order valence-electron chi connectivity index (χ2n) is 13.9. The molecule has 3 aromatic rings. The van der Waals surface area contributed by atoms with Crippen LogP contribution >= 0.6 is 0 Å². The number of aryl methyl sites for hydroxylation is 1. The molecular weight excluding hydrogens is 574 g/mol. The summed E-state index contributed by atoms with van der Waals surface area (Å²) in [5.41, 5.74) is -1.10. The minimum Gasteiger partial charge on any atom is -0.482 e. The number of benzene rings is 1. The van der Waals surface area contributed by atoms with Crippen LogP contribution in [0.25, 0.3) is 11.3 Å². The Morgan fingerprint density at radius 1 is 1.13 bits per heavy atom. The molecule has 0 amide bonds. The van der Waals surface area contributed by atoms with Crippen molar-refractivity contribution in [2.24, 2.45) is 28.6 Å². The van der Waals surface area contributed by atoms with Gasteiger partial charge in [0.1, 0.15) is 28.8 Å². The molecule has 0 saturated heterocycles. The molecule has 9 nitrogen and oxygen atoms in total. The molecule has 238 valence electrons. The number of aliphatic hydroxyl groups is 1. The lowest BCUT2D eigenvalue weighted by molar-refractivity contribution is -0.257. The zero-order chi connectivity index (χ0) is 32.3. The van der Waals surface area contributed by atoms with Crippen LogP contribution in [-0.4, -0.2) is 40.3 Å². The van der Waals surface area contributed by atoms with E-state index in [1.165, 1.54) is 6.92 Å². The van der Waals surface area contributed by atoms with E-state index in [4.69, 9.17) is 18.6 Å². The lowest BCUT2D eigenvalue weighted by atomic mass is 9.41. The largest absolute Gasteiger partial charge is 0.482 e. The molecule has 3 heterocycles. The normalized spacial score (nSPS) is 33.5. The van der Waals surface area contributed by atoms with Crippen LogP contribution in [0.3, 0.4) is 0 Å². The van der Waals surface area contributed by atoms with Gasteiger partial charge in [0.15, 0.2) is 0 Å². The Kier molecular flexibility index (Phi) is 7.67. The number of esters is 2. The number of aromatic nitrogens is 1. The first-order chi connectivity index (χ1) is 21.3. The number of pyridine rings is 1. The van der Waals surface area contributed by atoms with Crippen LogP contribution in [0.4, 0.5) is 0 Å². The van der Waals surface area contributed by atoms with Crippen LogP contribution < -0.4 is 10.4 Å². The van der Waals surface area contributed by atoms with Gasteiger partial charge in [0.25, 0.3) is 0 Å². The number of fused-ring (bicyclic) bond motifs is 4. The Bertz CT molecular complexity index is 1690. The number of ether oxygens (including phenoxy) is 3. The fourth-order valence-electron chi connectivity index (χ4n) is 8.69. The number of aliphatic hydroxyl groups excluding tert-OH is 1. The number of hydrogen-bond acceptors (Lipinski definition) is 9. The molecule has 2 aliphatic carbocycles. The molecule has 45 heavy (non-hydrogen) atoms. The summed E-state index contributed by atoms with van der Waals surface area (Å²) in [7, 11) is 0. The number of rotatable bonds is 5. The van der Waals surface area contributed by atoms with E-state index < -0.39 is 46.2 Å². The molecule has 2 saturated carbocycles. The number of carbonyl (C=O) groups is 2. The predicted octanol–water partition coefficient (Wildman–Crippen LogP) is 6.06. The second kappa shape index (κ2) is 11.1. The Morgan fingerprint density at radius 3 is 2.58 bits per heavy atom. The van der Waals surface area contributed by atoms with E-state index in [-0.39, 0.29) is 41.5 Å². The number of hydrogen-bond donors (Lipinski definition) is 1. The maximum atomic E-state index is 13.8. The van der Waals surface area contributed by atoms with Crippen molar-refractivity contribution in [3.63, 3.8) is 0 Å². The average Bonchev–Trinajstić information content (AvgIpc) is 2.99. The van der Waals surface area contributed by atoms with Gasteiger partial charge >= 0.3 is 17.6 Å². The molecule has 3 unspecified atom stereocenters. The summed E-state index contributed by atoms with van der Waals surface area (Å²) in [4.78, 5) is 43.5. The highest BCUT2D eigenvalue weighted by atomic mass is 16.6. The topological polar surface area (TPSA) is 125 Å². The van der Waals surface area contributed by atoms with E-state index in [9.17, 15) is 19.5 Å². The third kappa shape index (κ3) is 4.96. The maximum absolute atomic E-state index is 13.8. The summed E-state index contributed by atoms with van der Waals surface area (Å²) < 4.78 is 24.6. The minimum atomic E-state index is -1.27. The summed E-state index contributed by atoms with van der Waals surface area (Å²) in [5, 5.41) is 12.3. The molecule has 6 rings (SSSR count). The summed E-state index contributed by atoms with van der Waals surface area (Å²) >= 11 is 0. The van der Waals surface area contributed by atoms with Crippen molar-refractivity contribution in [3.8, 4) is 17.1 Å². The van der Waals surface area contributed by atoms with Crippen molar-refractivity contribution in [2.45, 2.75) is 78.6 Å². The van der Waals surface area contributed by atoms with Crippen LogP contribution in [0.5, 0.6) is 5.75 Å². The molecule has 8 atom stereocenters. The van der Waals surface area contributed by atoms with E-state index in [0.29, 0.717) is 17.5 Å². The maximum Gasteiger partial charge on any atom is 0.345 e. The second-order valence-corrected chi connectivity index (χ2v) is 13.9. The third-order valence-electron chi connectivity index (χ3n) is 11.3. The van der Waals surface area contributed by atoms with Gasteiger partial charge in [-0.15, -0.1) is 0 Å². The van der Waals surface area contributed by atoms with Crippen molar-refractivity contribution >= 4 is 11.9 Å². The van der Waals surface area contributed by atoms with Gasteiger partial charge in [-0.2, -0.15) is 0 Å². The third-order valence-corrected chi connectivity index (χ3v) is 11.3. The highest BCUT2D eigenvalue weighted by Gasteiger charge is 2.70. The van der Waals surface area contributed by atoms with Crippen molar-refractivity contribution in [3.05, 3.63) is 82.0 Å². The summed E-state index contributed by atoms with van der Waals surface area (Å²) in [6.45, 7) is 11.7. The van der Waals surface area contributed by atoms with Gasteiger partial charge in [-0.1, -0.05) is 39.0 Å². The van der Waals surface area contributed by atoms with E-state index in [2.05, 4.69) is 25.8 Å². The molecule has 2 aromatic heterocycles. The Hall–Kier alpha value is -3.98. The number of carbonyl (C=O) groups excluding carboxylic acids is 2. The van der Waals surface area contributed by atoms with Crippen molar-refractivity contribution in [1.29, 1.82) is 0 Å². The fraction of sp³-hybridized carbons (Fsp3) is 0.500. The summed E-state index contributed by atoms with van der Waals surface area (Å²) in [6, 6.07) is 12.4. The zero-order valence-electron chi connectivity index (χ0n) is 26.7. The molecule has 2 fully saturated rings. The first-order valence-electron chi connectivity index (χ1n) is 15.6. The molecule has 1 N–H and O–H groups in total. The van der Waals surface area contributed by atoms with Crippen LogP contribution in [0.15, 0.2) is 64.1 Å². The van der Waals surface area contributed by atoms with Gasteiger partial charge in [0, 0.05) is 42.3 Å². The first-order valence-corrected chi connectivity index (χ1v) is 15.6. The number of nitrogens with zero attached hydrogens (tertiary/aromatic N) is 1. The SMILES string of the molecule is CC(=O)OCC1(C)C2C[C@H](OC(=O)c3ccccc3C)[C@@]3(C)Oc4cc(-c5cccnc5)oc(=O)c4[C@H](O)C3[C@@]2(C)CC[C@@H]1C. The zero-order valence-corrected chi connectivity index (χ0v) is 26.7. The molecule has 0 radical (unpaired) electrons. The summed E-state index contributed by atoms with van der Waals surface area (Å²) in [5.74, 6) is -1.02. The molecule has 0 bridgehead atoms. The Morgan fingerprint density at radius 2 is 1.89 bits per heavy atom. The standard InChI is InChI=1S/C36H41NO8/c1-20-10-7-8-12-24(20)32(40)44-28-17-27-34(4,14-13-21(2)35(27,5)19-42-22(3)38)31-30(39)29-26(45-36(28,31)6)16-25(43-33(29)41)23-11-9-15-37-18-23/h7-12,15-16,18,21,27-28,30-31,39H,13-14,17,19H2,1-6H3/t21-,27?,28-,30-,31?,34-,35?,36+/m0/s1. The lowest BCUT2D eigenvalue weighted by Gasteiger charge is -2.66. The molecule has 0 spiro atoms. The van der Waals surface area contributed by atoms with Gasteiger partial charge in [0.05, 0.1) is 18.3 Å². The van der Waals surface area contributed by atoms with Gasteiger partial charge in [-0.05, 0) is 74.1 Å². The minimum absolute atomic E-state index is 0.0521. The van der Waals surface area contributed by atoms with E-state index in [0.717, 1.165) is 18.4 Å². The van der Waals surface area contributed by atoms with Crippen molar-refractivity contribution in [2.75, 3.05) is 6.61 Å². The highest BCUT2D eigenvalue weighted by molar-refractivity contribution is 5.91. The van der Waals surface area contributed by atoms with E-state index >= 15 is 0 Å². The van der Waals surface area contributed by atoms with E-state index in [1.54, 1.807) is 42.7 Å².